The molecule has 0 radical (unpaired) electrons. The van der Waals surface area contributed by atoms with Gasteiger partial charge in [0.15, 0.2) is 5.96 Å². The van der Waals surface area contributed by atoms with E-state index in [9.17, 15) is 0 Å². The highest BCUT2D eigenvalue weighted by Crippen LogP contribution is 2.38. The summed E-state index contributed by atoms with van der Waals surface area (Å²) in [5.41, 5.74) is 2.99. The van der Waals surface area contributed by atoms with Crippen LogP contribution in [0.5, 0.6) is 0 Å². The number of aliphatic imine (C=N–C) groups is 1. The van der Waals surface area contributed by atoms with E-state index in [2.05, 4.69) is 46.3 Å². The Morgan fingerprint density at radius 3 is 2.48 bits per heavy atom. The second kappa shape index (κ2) is 10.9. The molecule has 3 saturated heterocycles. The number of morpholine rings is 1. The fraction of sp³-hybridized carbons (Fsp3) is 0.682. The summed E-state index contributed by atoms with van der Waals surface area (Å²) >= 11 is 0. The zero-order valence-corrected chi connectivity index (χ0v) is 19.9. The van der Waals surface area contributed by atoms with Crippen molar-refractivity contribution in [2.75, 3.05) is 59.2 Å². The molecule has 0 aromatic heterocycles. The molecule has 3 aliphatic heterocycles. The molecule has 3 fully saturated rings. The van der Waals surface area contributed by atoms with Crippen LogP contribution < -0.4 is 5.32 Å². The summed E-state index contributed by atoms with van der Waals surface area (Å²) in [4.78, 5) is 9.81. The minimum absolute atomic E-state index is 0. The Hall–Kier alpha value is -0.900. The number of hydrogen-bond donors (Lipinski definition) is 1. The maximum absolute atomic E-state index is 5.67. The summed E-state index contributed by atoms with van der Waals surface area (Å²) in [5.74, 6) is 1.05. The summed E-state index contributed by atoms with van der Waals surface area (Å²) < 4.78 is 11.1. The first kappa shape index (κ1) is 22.8. The number of benzene rings is 1. The van der Waals surface area contributed by atoms with Gasteiger partial charge >= 0.3 is 0 Å². The Labute approximate surface area is 192 Å². The maximum atomic E-state index is 5.67. The average molecular weight is 514 g/mol. The molecule has 1 spiro atoms. The minimum Gasteiger partial charge on any atom is -0.381 e. The number of hydrogen-bond acceptors (Lipinski definition) is 4. The van der Waals surface area contributed by atoms with Gasteiger partial charge < -0.3 is 19.7 Å². The van der Waals surface area contributed by atoms with Crippen LogP contribution in [0.2, 0.25) is 0 Å². The van der Waals surface area contributed by atoms with Crippen LogP contribution in [0, 0.1) is 5.41 Å². The summed E-state index contributed by atoms with van der Waals surface area (Å²) in [5, 5.41) is 3.48. The first-order chi connectivity index (χ1) is 13.8. The van der Waals surface area contributed by atoms with Crippen molar-refractivity contribution < 1.29 is 9.47 Å². The van der Waals surface area contributed by atoms with Crippen molar-refractivity contribution in [2.24, 2.45) is 10.4 Å². The van der Waals surface area contributed by atoms with Crippen LogP contribution in [0.1, 0.15) is 30.9 Å². The van der Waals surface area contributed by atoms with E-state index in [0.717, 1.165) is 78.2 Å². The van der Waals surface area contributed by atoms with E-state index in [1.807, 2.05) is 0 Å². The van der Waals surface area contributed by atoms with Crippen LogP contribution >= 0.6 is 24.0 Å². The van der Waals surface area contributed by atoms with Gasteiger partial charge in [-0.3, -0.25) is 4.90 Å². The highest BCUT2D eigenvalue weighted by Gasteiger charge is 2.42. The van der Waals surface area contributed by atoms with Crippen LogP contribution in [-0.4, -0.2) is 74.9 Å². The standard InChI is InChI=1S/C22H34N4O2.HI/c1-2-23-21(26-9-7-22(17-26)8-12-28-18-22)24-15-19-3-5-20(6-4-19)16-25-10-13-27-14-11-25;/h3-6H,2,7-18H2,1H3,(H,23,24);1H. The van der Waals surface area contributed by atoms with Gasteiger partial charge in [0.1, 0.15) is 0 Å². The topological polar surface area (TPSA) is 49.3 Å². The fourth-order valence-electron chi connectivity index (χ4n) is 4.45. The third-order valence-corrected chi connectivity index (χ3v) is 6.20. The molecule has 29 heavy (non-hydrogen) atoms. The molecule has 0 aliphatic carbocycles. The zero-order valence-electron chi connectivity index (χ0n) is 17.6. The minimum atomic E-state index is 0. The van der Waals surface area contributed by atoms with Gasteiger partial charge in [-0.15, -0.1) is 24.0 Å². The lowest BCUT2D eigenvalue weighted by molar-refractivity contribution is 0.0342. The van der Waals surface area contributed by atoms with Crippen LogP contribution in [0.25, 0.3) is 0 Å². The van der Waals surface area contributed by atoms with Gasteiger partial charge in [0.2, 0.25) is 0 Å². The molecule has 4 rings (SSSR count). The Kier molecular flexibility index (Phi) is 8.58. The van der Waals surface area contributed by atoms with E-state index in [-0.39, 0.29) is 24.0 Å². The van der Waals surface area contributed by atoms with Crippen molar-refractivity contribution in [3.63, 3.8) is 0 Å². The number of likely N-dealkylation sites (tertiary alicyclic amines) is 1. The molecule has 1 aromatic carbocycles. The second-order valence-electron chi connectivity index (χ2n) is 8.35. The first-order valence-corrected chi connectivity index (χ1v) is 10.8. The van der Waals surface area contributed by atoms with Crippen molar-refractivity contribution in [3.8, 4) is 0 Å². The molecule has 3 heterocycles. The molecule has 6 nitrogen and oxygen atoms in total. The smallest absolute Gasteiger partial charge is 0.194 e. The second-order valence-corrected chi connectivity index (χ2v) is 8.35. The first-order valence-electron chi connectivity index (χ1n) is 10.8. The number of nitrogens with one attached hydrogen (secondary N) is 1. The highest BCUT2D eigenvalue weighted by atomic mass is 127. The Bertz CT molecular complexity index is 655. The van der Waals surface area contributed by atoms with Gasteiger partial charge in [-0.05, 0) is 30.9 Å². The van der Waals surface area contributed by atoms with Gasteiger partial charge in [-0.2, -0.15) is 0 Å². The SMILES string of the molecule is CCNC(=NCc1ccc(CN2CCOCC2)cc1)N1CCC2(CCOC2)C1.I. The van der Waals surface area contributed by atoms with Crippen LogP contribution in [0.4, 0.5) is 0 Å². The Morgan fingerprint density at radius 1 is 1.03 bits per heavy atom. The molecular weight excluding hydrogens is 479 g/mol. The molecule has 1 N–H and O–H groups in total. The van der Waals surface area contributed by atoms with E-state index in [4.69, 9.17) is 14.5 Å². The monoisotopic (exact) mass is 514 g/mol. The van der Waals surface area contributed by atoms with Gasteiger partial charge in [-0.1, -0.05) is 24.3 Å². The lowest BCUT2D eigenvalue weighted by atomic mass is 9.87. The fourth-order valence-corrected chi connectivity index (χ4v) is 4.45. The molecule has 3 aliphatic rings. The number of guanidine groups is 1. The van der Waals surface area contributed by atoms with Crippen molar-refractivity contribution in [1.29, 1.82) is 0 Å². The number of ether oxygens (including phenoxy) is 2. The van der Waals surface area contributed by atoms with Crippen molar-refractivity contribution >= 4 is 29.9 Å². The summed E-state index contributed by atoms with van der Waals surface area (Å²) in [6.45, 7) is 12.5. The van der Waals surface area contributed by atoms with E-state index < -0.39 is 0 Å². The highest BCUT2D eigenvalue weighted by molar-refractivity contribution is 14.0. The van der Waals surface area contributed by atoms with Gasteiger partial charge in [0, 0.05) is 51.3 Å². The average Bonchev–Trinajstić information content (AvgIpc) is 3.37. The number of nitrogens with zero attached hydrogens (tertiary/aromatic N) is 3. The molecule has 0 amide bonds. The van der Waals surface area contributed by atoms with E-state index in [0.29, 0.717) is 5.41 Å². The molecule has 0 saturated carbocycles. The molecule has 1 atom stereocenters. The quantitative estimate of drug-likeness (QED) is 0.372. The normalized spacial score (nSPS) is 25.4. The molecule has 162 valence electrons. The van der Waals surface area contributed by atoms with E-state index in [1.165, 1.54) is 24.0 Å². The van der Waals surface area contributed by atoms with Crippen LogP contribution in [-0.2, 0) is 22.6 Å². The molecular formula is C22H35IN4O2. The van der Waals surface area contributed by atoms with Crippen molar-refractivity contribution in [3.05, 3.63) is 35.4 Å². The molecule has 7 heteroatoms. The van der Waals surface area contributed by atoms with Gasteiger partial charge in [0.05, 0.1) is 26.4 Å². The maximum Gasteiger partial charge on any atom is 0.194 e. The van der Waals surface area contributed by atoms with E-state index in [1.54, 1.807) is 0 Å². The summed E-state index contributed by atoms with van der Waals surface area (Å²) in [7, 11) is 0. The number of rotatable bonds is 5. The third-order valence-electron chi connectivity index (χ3n) is 6.20. The molecule has 1 aromatic rings. The molecule has 0 bridgehead atoms. The predicted molar refractivity (Wildman–Crippen MR) is 127 cm³/mol. The van der Waals surface area contributed by atoms with Crippen LogP contribution in [0.15, 0.2) is 29.3 Å². The lowest BCUT2D eigenvalue weighted by Crippen LogP contribution is -2.41. The van der Waals surface area contributed by atoms with Gasteiger partial charge in [0.25, 0.3) is 0 Å². The largest absolute Gasteiger partial charge is 0.381 e. The molecule has 1 unspecified atom stereocenters. The Balaban J connectivity index is 0.00000240. The van der Waals surface area contributed by atoms with E-state index >= 15 is 0 Å². The number of halogens is 1. The summed E-state index contributed by atoms with van der Waals surface area (Å²) in [6, 6.07) is 8.93. The van der Waals surface area contributed by atoms with Crippen LogP contribution in [0.3, 0.4) is 0 Å². The van der Waals surface area contributed by atoms with Crippen molar-refractivity contribution in [2.45, 2.75) is 32.9 Å². The third kappa shape index (κ3) is 6.06. The predicted octanol–water partition coefficient (Wildman–Crippen LogP) is 2.71. The van der Waals surface area contributed by atoms with Gasteiger partial charge in [-0.25, -0.2) is 4.99 Å². The lowest BCUT2D eigenvalue weighted by Gasteiger charge is -2.26. The summed E-state index contributed by atoms with van der Waals surface area (Å²) in [6.07, 6.45) is 2.40. The zero-order chi connectivity index (χ0) is 19.2. The Morgan fingerprint density at radius 2 is 1.79 bits per heavy atom. The van der Waals surface area contributed by atoms with Crippen molar-refractivity contribution in [1.82, 2.24) is 15.1 Å².